The Labute approximate surface area is 178 Å². The van der Waals surface area contributed by atoms with Gasteiger partial charge in [-0.25, -0.2) is 14.7 Å². The summed E-state index contributed by atoms with van der Waals surface area (Å²) in [7, 11) is 1.56. The second kappa shape index (κ2) is 8.91. The Morgan fingerprint density at radius 1 is 1.19 bits per heavy atom. The molecule has 0 amide bonds. The molecule has 0 aliphatic carbocycles. The molecular weight excluding hydrogens is 394 g/mol. The quantitative estimate of drug-likeness (QED) is 0.485. The number of benzene rings is 2. The number of rotatable bonds is 6. The minimum atomic E-state index is -0.278. The number of aromatic nitrogens is 3. The molecule has 0 unspecified atom stereocenters. The van der Waals surface area contributed by atoms with E-state index >= 15 is 0 Å². The van der Waals surface area contributed by atoms with Gasteiger partial charge in [0.15, 0.2) is 5.69 Å². The minimum Gasteiger partial charge on any atom is -0.494 e. The van der Waals surface area contributed by atoms with Crippen LogP contribution in [0.15, 0.2) is 99.7 Å². The molecule has 31 heavy (non-hydrogen) atoms. The van der Waals surface area contributed by atoms with E-state index in [4.69, 9.17) is 14.9 Å². The van der Waals surface area contributed by atoms with Crippen molar-refractivity contribution < 1.29 is 9.15 Å². The molecule has 154 valence electrons. The zero-order valence-electron chi connectivity index (χ0n) is 16.7. The first kappa shape index (κ1) is 19.8. The molecule has 2 aromatic carbocycles. The maximum atomic E-state index is 12.6. The van der Waals surface area contributed by atoms with E-state index < -0.39 is 0 Å². The Morgan fingerprint density at radius 3 is 2.74 bits per heavy atom. The molecule has 0 fully saturated rings. The van der Waals surface area contributed by atoms with Crippen molar-refractivity contribution in [1.82, 2.24) is 14.8 Å². The lowest BCUT2D eigenvalue weighted by molar-refractivity contribution is 0.411. The van der Waals surface area contributed by atoms with Crippen molar-refractivity contribution in [2.45, 2.75) is 0 Å². The molecule has 8 heteroatoms. The molecule has 2 heterocycles. The van der Waals surface area contributed by atoms with Crippen LogP contribution in [0.5, 0.6) is 5.75 Å². The van der Waals surface area contributed by atoms with Gasteiger partial charge in [-0.1, -0.05) is 18.2 Å². The predicted molar refractivity (Wildman–Crippen MR) is 118 cm³/mol. The van der Waals surface area contributed by atoms with Crippen molar-refractivity contribution >= 4 is 11.4 Å². The van der Waals surface area contributed by atoms with Crippen molar-refractivity contribution in [2.24, 2.45) is 10.7 Å². The normalized spacial score (nSPS) is 11.7. The first-order valence-electron chi connectivity index (χ1n) is 9.40. The summed E-state index contributed by atoms with van der Waals surface area (Å²) in [5, 5.41) is 4.51. The lowest BCUT2D eigenvalue weighted by Gasteiger charge is -2.12. The van der Waals surface area contributed by atoms with Gasteiger partial charge in [-0.3, -0.25) is 4.79 Å². The number of oxazole rings is 1. The van der Waals surface area contributed by atoms with Gasteiger partial charge >= 0.3 is 0 Å². The van der Waals surface area contributed by atoms with Crippen LogP contribution >= 0.6 is 0 Å². The van der Waals surface area contributed by atoms with Gasteiger partial charge in [-0.2, -0.15) is 5.10 Å². The molecular formula is C23H19N5O3. The maximum absolute atomic E-state index is 12.6. The topological polar surface area (TPSA) is 109 Å². The van der Waals surface area contributed by atoms with Crippen molar-refractivity contribution in [3.63, 3.8) is 0 Å². The van der Waals surface area contributed by atoms with Crippen molar-refractivity contribution in [2.75, 3.05) is 7.11 Å². The molecule has 0 atom stereocenters. The summed E-state index contributed by atoms with van der Waals surface area (Å²) in [6.07, 6.45) is 7.52. The molecule has 0 aliphatic heterocycles. The second-order valence-electron chi connectivity index (χ2n) is 6.39. The molecule has 2 N–H and O–H groups in total. The van der Waals surface area contributed by atoms with Crippen LogP contribution in [0.1, 0.15) is 5.69 Å². The molecule has 0 saturated carbocycles. The number of hydrogen-bond donors (Lipinski definition) is 1. The minimum absolute atomic E-state index is 0.159. The van der Waals surface area contributed by atoms with Gasteiger partial charge in [0.25, 0.3) is 0 Å². The molecule has 0 saturated heterocycles. The van der Waals surface area contributed by atoms with E-state index in [0.29, 0.717) is 28.7 Å². The van der Waals surface area contributed by atoms with Crippen molar-refractivity contribution in [1.29, 1.82) is 0 Å². The monoisotopic (exact) mass is 413 g/mol. The summed E-state index contributed by atoms with van der Waals surface area (Å²) in [5.41, 5.74) is 7.90. The molecule has 8 nitrogen and oxygen atoms in total. The van der Waals surface area contributed by atoms with Crippen LogP contribution in [0.25, 0.3) is 17.1 Å². The first-order chi connectivity index (χ1) is 15.2. The summed E-state index contributed by atoms with van der Waals surface area (Å²) >= 11 is 0. The Balaban J connectivity index is 1.81. The molecule has 0 spiro atoms. The van der Waals surface area contributed by atoms with Gasteiger partial charge in [-0.15, -0.1) is 0 Å². The van der Waals surface area contributed by atoms with Crippen LogP contribution in [0.3, 0.4) is 0 Å². The third-order valence-corrected chi connectivity index (χ3v) is 4.42. The Morgan fingerprint density at radius 2 is 2.03 bits per heavy atom. The van der Waals surface area contributed by atoms with Crippen LogP contribution in [0, 0.1) is 0 Å². The van der Waals surface area contributed by atoms with Gasteiger partial charge in [-0.05, 0) is 42.6 Å². The summed E-state index contributed by atoms with van der Waals surface area (Å²) < 4.78 is 12.4. The van der Waals surface area contributed by atoms with E-state index in [0.717, 1.165) is 5.56 Å². The SMILES string of the molecule is COc1cc(-c2ncco2)ccc1-n1ccc(=O)c(C(C=CN)=Nc2ccccc2)n1. The highest BCUT2D eigenvalue weighted by atomic mass is 16.5. The molecule has 2 aromatic heterocycles. The van der Waals surface area contributed by atoms with E-state index in [1.807, 2.05) is 42.5 Å². The fraction of sp³-hybridized carbons (Fsp3) is 0.0435. The number of hydrogen-bond acceptors (Lipinski definition) is 7. The predicted octanol–water partition coefficient (Wildman–Crippen LogP) is 3.49. The van der Waals surface area contributed by atoms with Crippen LogP contribution in [0.4, 0.5) is 5.69 Å². The number of methoxy groups -OCH3 is 1. The lowest BCUT2D eigenvalue weighted by atomic mass is 10.2. The van der Waals surface area contributed by atoms with E-state index in [2.05, 4.69) is 15.1 Å². The van der Waals surface area contributed by atoms with E-state index in [1.165, 1.54) is 18.5 Å². The molecule has 4 aromatic rings. The van der Waals surface area contributed by atoms with Gasteiger partial charge in [0, 0.05) is 17.8 Å². The number of nitrogens with zero attached hydrogens (tertiary/aromatic N) is 4. The average molecular weight is 413 g/mol. The average Bonchev–Trinajstić information content (AvgIpc) is 3.35. The first-order valence-corrected chi connectivity index (χ1v) is 9.40. The highest BCUT2D eigenvalue weighted by Crippen LogP contribution is 2.28. The van der Waals surface area contributed by atoms with Gasteiger partial charge < -0.3 is 14.9 Å². The molecule has 0 radical (unpaired) electrons. The third-order valence-electron chi connectivity index (χ3n) is 4.42. The van der Waals surface area contributed by atoms with Crippen LogP contribution in [-0.2, 0) is 0 Å². The van der Waals surface area contributed by atoms with Crippen LogP contribution in [-0.4, -0.2) is 27.6 Å². The maximum Gasteiger partial charge on any atom is 0.225 e. The zero-order valence-corrected chi connectivity index (χ0v) is 16.7. The van der Waals surface area contributed by atoms with Crippen molar-refractivity contribution in [3.05, 3.63) is 101 Å². The summed E-state index contributed by atoms with van der Waals surface area (Å²) in [4.78, 5) is 21.3. The fourth-order valence-corrected chi connectivity index (χ4v) is 2.99. The Bertz CT molecular complexity index is 1290. The highest BCUT2D eigenvalue weighted by molar-refractivity contribution is 6.08. The summed E-state index contributed by atoms with van der Waals surface area (Å²) in [6, 6.07) is 16.1. The zero-order chi connectivity index (χ0) is 21.6. The number of allylic oxidation sites excluding steroid dienone is 1. The Hall–Kier alpha value is -4.46. The third kappa shape index (κ3) is 4.27. The fourth-order valence-electron chi connectivity index (χ4n) is 2.99. The summed E-state index contributed by atoms with van der Waals surface area (Å²) in [5.74, 6) is 1.01. The standard InChI is InChI=1S/C23H19N5O3/c1-30-21-15-16(23-25-12-14-31-23)7-8-19(21)28-13-10-20(29)22(27-28)18(9-11-24)26-17-5-3-2-4-6-17/h2-15H,24H2,1H3. The number of aliphatic imine (C=N–C) groups is 1. The smallest absolute Gasteiger partial charge is 0.225 e. The van der Waals surface area contributed by atoms with Crippen LogP contribution < -0.4 is 15.9 Å². The number of ether oxygens (including phenoxy) is 1. The number of para-hydroxylation sites is 1. The Kier molecular flexibility index (Phi) is 5.70. The lowest BCUT2D eigenvalue weighted by Crippen LogP contribution is -2.20. The van der Waals surface area contributed by atoms with E-state index in [9.17, 15) is 4.79 Å². The molecule has 0 bridgehead atoms. The highest BCUT2D eigenvalue weighted by Gasteiger charge is 2.14. The van der Waals surface area contributed by atoms with E-state index in [-0.39, 0.29) is 11.1 Å². The molecule has 0 aliphatic rings. The van der Waals surface area contributed by atoms with Crippen molar-refractivity contribution in [3.8, 4) is 22.9 Å². The molecule has 4 rings (SSSR count). The van der Waals surface area contributed by atoms with E-state index in [1.54, 1.807) is 36.3 Å². The number of nitrogens with two attached hydrogens (primary N) is 1. The van der Waals surface area contributed by atoms with Gasteiger partial charge in [0.05, 0.1) is 24.7 Å². The summed E-state index contributed by atoms with van der Waals surface area (Å²) in [6.45, 7) is 0. The second-order valence-corrected chi connectivity index (χ2v) is 6.39. The largest absolute Gasteiger partial charge is 0.494 e. The van der Waals surface area contributed by atoms with Gasteiger partial charge in [0.1, 0.15) is 17.7 Å². The van der Waals surface area contributed by atoms with Gasteiger partial charge in [0.2, 0.25) is 11.3 Å². The van der Waals surface area contributed by atoms with Crippen LogP contribution in [0.2, 0.25) is 0 Å².